The van der Waals surface area contributed by atoms with Gasteiger partial charge in [0.2, 0.25) is 0 Å². The van der Waals surface area contributed by atoms with Crippen LogP contribution in [0.15, 0.2) is 61.1 Å². The molecule has 126 valence electrons. The second-order valence-electron chi connectivity index (χ2n) is 5.22. The minimum Gasteiger partial charge on any atom is -0.348 e. The van der Waals surface area contributed by atoms with Gasteiger partial charge >= 0.3 is 0 Å². The molecule has 0 saturated heterocycles. The molecule has 0 aliphatic carbocycles. The first-order valence-corrected chi connectivity index (χ1v) is 8.22. The van der Waals surface area contributed by atoms with Crippen LogP contribution in [0.5, 0.6) is 0 Å². The van der Waals surface area contributed by atoms with Gasteiger partial charge in [-0.1, -0.05) is 23.2 Å². The molecule has 2 aromatic heterocycles. The third kappa shape index (κ3) is 4.68. The van der Waals surface area contributed by atoms with Crippen LogP contribution in [0.4, 0.5) is 11.5 Å². The van der Waals surface area contributed by atoms with E-state index in [1.54, 1.807) is 48.9 Å². The topological polar surface area (TPSA) is 66.9 Å². The van der Waals surface area contributed by atoms with Gasteiger partial charge in [0.1, 0.15) is 5.82 Å². The number of carbonyl (C=O) groups excluding carboxylic acids is 1. The van der Waals surface area contributed by atoms with E-state index in [2.05, 4.69) is 20.6 Å². The van der Waals surface area contributed by atoms with Crippen LogP contribution in [0.3, 0.4) is 0 Å². The molecule has 0 bridgehead atoms. The molecule has 0 unspecified atom stereocenters. The van der Waals surface area contributed by atoms with Crippen LogP contribution in [0, 0.1) is 0 Å². The molecule has 1 aromatic carbocycles. The van der Waals surface area contributed by atoms with Crippen LogP contribution in [0.2, 0.25) is 10.0 Å². The molecule has 5 nitrogen and oxygen atoms in total. The number of halogens is 2. The van der Waals surface area contributed by atoms with E-state index in [0.29, 0.717) is 33.7 Å². The molecule has 0 fully saturated rings. The van der Waals surface area contributed by atoms with Gasteiger partial charge in [-0.15, -0.1) is 0 Å². The number of nitrogens with zero attached hydrogens (tertiary/aromatic N) is 2. The summed E-state index contributed by atoms with van der Waals surface area (Å²) in [5, 5.41) is 6.99. The van der Waals surface area contributed by atoms with E-state index in [9.17, 15) is 4.79 Å². The number of hydrogen-bond acceptors (Lipinski definition) is 4. The predicted octanol–water partition coefficient (Wildman–Crippen LogP) is 4.46. The smallest absolute Gasteiger partial charge is 0.251 e. The van der Waals surface area contributed by atoms with E-state index in [-0.39, 0.29) is 5.91 Å². The number of pyridine rings is 2. The fourth-order valence-corrected chi connectivity index (χ4v) is 2.49. The second kappa shape index (κ2) is 7.96. The lowest BCUT2D eigenvalue weighted by Crippen LogP contribution is -2.22. The van der Waals surface area contributed by atoms with Crippen LogP contribution in [-0.4, -0.2) is 15.9 Å². The van der Waals surface area contributed by atoms with Gasteiger partial charge in [-0.05, 0) is 48.0 Å². The Hall–Kier alpha value is -2.63. The highest BCUT2D eigenvalue weighted by atomic mass is 35.5. The highest BCUT2D eigenvalue weighted by Crippen LogP contribution is 2.27. The van der Waals surface area contributed by atoms with E-state index >= 15 is 0 Å². The van der Waals surface area contributed by atoms with E-state index in [1.807, 2.05) is 12.1 Å². The maximum absolute atomic E-state index is 12.3. The fraction of sp³-hybridized carbons (Fsp3) is 0.0556. The van der Waals surface area contributed by atoms with Crippen molar-refractivity contribution < 1.29 is 4.79 Å². The Labute approximate surface area is 155 Å². The van der Waals surface area contributed by atoms with Crippen molar-refractivity contribution in [1.29, 1.82) is 0 Å². The number of aromatic nitrogens is 2. The van der Waals surface area contributed by atoms with Crippen LogP contribution in [0.1, 0.15) is 15.9 Å². The molecular formula is C18H14Cl2N4O. The lowest BCUT2D eigenvalue weighted by atomic mass is 10.2. The van der Waals surface area contributed by atoms with E-state index in [1.165, 1.54) is 0 Å². The van der Waals surface area contributed by atoms with E-state index in [0.717, 1.165) is 5.56 Å². The van der Waals surface area contributed by atoms with Crippen molar-refractivity contribution in [3.05, 3.63) is 82.2 Å². The van der Waals surface area contributed by atoms with Crippen LogP contribution < -0.4 is 10.6 Å². The number of hydrogen-bond donors (Lipinski definition) is 2. The number of amides is 1. The number of rotatable bonds is 5. The molecule has 1 amide bonds. The summed E-state index contributed by atoms with van der Waals surface area (Å²) in [4.78, 5) is 20.5. The Morgan fingerprint density at radius 3 is 2.60 bits per heavy atom. The van der Waals surface area contributed by atoms with Crippen LogP contribution in [0.25, 0.3) is 0 Å². The Kier molecular flexibility index (Phi) is 5.48. The molecular weight excluding hydrogens is 359 g/mol. The Balaban J connectivity index is 1.70. The Bertz CT molecular complexity index is 887. The zero-order chi connectivity index (χ0) is 17.6. The van der Waals surface area contributed by atoms with Crippen LogP contribution >= 0.6 is 23.2 Å². The van der Waals surface area contributed by atoms with Crippen molar-refractivity contribution in [2.75, 3.05) is 5.32 Å². The summed E-state index contributed by atoms with van der Waals surface area (Å²) < 4.78 is 0. The van der Waals surface area contributed by atoms with Gasteiger partial charge in [0.15, 0.2) is 0 Å². The normalized spacial score (nSPS) is 10.3. The summed E-state index contributed by atoms with van der Waals surface area (Å²) in [5.74, 6) is 0.306. The van der Waals surface area contributed by atoms with E-state index in [4.69, 9.17) is 23.2 Å². The third-order valence-electron chi connectivity index (χ3n) is 3.42. The summed E-state index contributed by atoms with van der Waals surface area (Å²) in [6.07, 6.45) is 4.93. The quantitative estimate of drug-likeness (QED) is 0.693. The minimum atomic E-state index is -0.195. The fourth-order valence-electron chi connectivity index (χ4n) is 2.16. The van der Waals surface area contributed by atoms with Gasteiger partial charge in [0.05, 0.1) is 10.7 Å². The Morgan fingerprint density at radius 1 is 1.00 bits per heavy atom. The molecule has 0 aliphatic rings. The molecule has 0 aliphatic heterocycles. The molecule has 25 heavy (non-hydrogen) atoms. The zero-order valence-electron chi connectivity index (χ0n) is 13.0. The summed E-state index contributed by atoms with van der Waals surface area (Å²) in [7, 11) is 0. The van der Waals surface area contributed by atoms with Gasteiger partial charge in [0.25, 0.3) is 5.91 Å². The maximum Gasteiger partial charge on any atom is 0.251 e. The summed E-state index contributed by atoms with van der Waals surface area (Å²) in [6.45, 7) is 0.423. The first-order valence-electron chi connectivity index (χ1n) is 7.47. The molecule has 0 spiro atoms. The molecule has 3 rings (SSSR count). The van der Waals surface area contributed by atoms with Gasteiger partial charge < -0.3 is 10.6 Å². The number of anilines is 2. The van der Waals surface area contributed by atoms with Gasteiger partial charge in [-0.2, -0.15) is 0 Å². The van der Waals surface area contributed by atoms with Gasteiger partial charge in [0, 0.05) is 35.7 Å². The average Bonchev–Trinajstić information content (AvgIpc) is 2.64. The highest BCUT2D eigenvalue weighted by molar-refractivity contribution is 6.35. The summed E-state index contributed by atoms with van der Waals surface area (Å²) in [5.41, 5.74) is 2.09. The SMILES string of the molecule is O=C(NCc1ccncc1)c1ccnc(Nc2cc(Cl)ccc2Cl)c1. The molecule has 3 aromatic rings. The second-order valence-corrected chi connectivity index (χ2v) is 6.06. The van der Waals surface area contributed by atoms with Crippen molar-refractivity contribution in [2.45, 2.75) is 6.54 Å². The average molecular weight is 373 g/mol. The third-order valence-corrected chi connectivity index (χ3v) is 3.98. The summed E-state index contributed by atoms with van der Waals surface area (Å²) >= 11 is 12.1. The highest BCUT2D eigenvalue weighted by Gasteiger charge is 2.08. The number of carbonyl (C=O) groups is 1. The lowest BCUT2D eigenvalue weighted by molar-refractivity contribution is 0.0951. The number of benzene rings is 1. The zero-order valence-corrected chi connectivity index (χ0v) is 14.6. The van der Waals surface area contributed by atoms with E-state index < -0.39 is 0 Å². The van der Waals surface area contributed by atoms with Crippen molar-refractivity contribution in [3.63, 3.8) is 0 Å². The maximum atomic E-state index is 12.3. The van der Waals surface area contributed by atoms with Crippen molar-refractivity contribution in [1.82, 2.24) is 15.3 Å². The first-order chi connectivity index (χ1) is 12.1. The first kappa shape index (κ1) is 17.2. The molecule has 7 heteroatoms. The standard InChI is InChI=1S/C18H14Cl2N4O/c19-14-1-2-15(20)16(10-14)24-17-9-13(5-8-22-17)18(25)23-11-12-3-6-21-7-4-12/h1-10H,11H2,(H,22,24)(H,23,25). The Morgan fingerprint density at radius 2 is 1.80 bits per heavy atom. The van der Waals surface area contributed by atoms with Crippen molar-refractivity contribution >= 4 is 40.6 Å². The van der Waals surface area contributed by atoms with Crippen LogP contribution in [-0.2, 0) is 6.54 Å². The van der Waals surface area contributed by atoms with Gasteiger partial charge in [-0.3, -0.25) is 9.78 Å². The molecule has 0 radical (unpaired) electrons. The molecule has 0 saturated carbocycles. The molecule has 0 atom stereocenters. The molecule has 2 heterocycles. The molecule has 2 N–H and O–H groups in total. The minimum absolute atomic E-state index is 0.195. The van der Waals surface area contributed by atoms with Gasteiger partial charge in [-0.25, -0.2) is 4.98 Å². The monoisotopic (exact) mass is 372 g/mol. The summed E-state index contributed by atoms with van der Waals surface area (Å²) in [6, 6.07) is 12.1. The largest absolute Gasteiger partial charge is 0.348 e. The van der Waals surface area contributed by atoms with Crippen molar-refractivity contribution in [2.24, 2.45) is 0 Å². The predicted molar refractivity (Wildman–Crippen MR) is 99.4 cm³/mol. The lowest BCUT2D eigenvalue weighted by Gasteiger charge is -2.10. The number of nitrogens with one attached hydrogen (secondary N) is 2. The van der Waals surface area contributed by atoms with Crippen molar-refractivity contribution in [3.8, 4) is 0 Å².